The monoisotopic (exact) mass is 403 g/mol. The van der Waals surface area contributed by atoms with Gasteiger partial charge in [0.1, 0.15) is 12.2 Å². The van der Waals surface area contributed by atoms with Crippen LogP contribution in [0.25, 0.3) is 0 Å². The zero-order chi connectivity index (χ0) is 20.4. The van der Waals surface area contributed by atoms with Crippen LogP contribution in [0, 0.1) is 11.3 Å². The molecule has 0 aromatic heterocycles. The summed E-state index contributed by atoms with van der Waals surface area (Å²) in [6.45, 7) is 3.34. The Hall–Kier alpha value is -1.79. The zero-order valence-corrected chi connectivity index (χ0v) is 15.8. The van der Waals surface area contributed by atoms with Crippen molar-refractivity contribution in [1.82, 2.24) is 4.90 Å². The molecule has 4 nitrogen and oxygen atoms in total. The van der Waals surface area contributed by atoms with E-state index in [1.807, 2.05) is 6.07 Å². The summed E-state index contributed by atoms with van der Waals surface area (Å²) in [5.74, 6) is -0.133. The number of hydrogen-bond acceptors (Lipinski definition) is 4. The lowest BCUT2D eigenvalue weighted by atomic mass is 10.0. The van der Waals surface area contributed by atoms with E-state index < -0.39 is 40.6 Å². The first kappa shape index (κ1) is 21.5. The number of thioether (sulfide) groups is 1. The van der Waals surface area contributed by atoms with Crippen molar-refractivity contribution in [2.75, 3.05) is 6.54 Å². The van der Waals surface area contributed by atoms with Gasteiger partial charge in [0.25, 0.3) is 0 Å². The van der Waals surface area contributed by atoms with Crippen LogP contribution in [-0.4, -0.2) is 40.4 Å². The maximum atomic E-state index is 13.5. The van der Waals surface area contributed by atoms with Crippen molar-refractivity contribution < 1.29 is 22.4 Å². The largest absolute Gasteiger partial charge is 0.416 e. The highest BCUT2D eigenvalue weighted by atomic mass is 32.2. The molecule has 1 aromatic carbocycles. The third-order valence-corrected chi connectivity index (χ3v) is 6.06. The summed E-state index contributed by atoms with van der Waals surface area (Å²) in [5.41, 5.74) is 6.03. The van der Waals surface area contributed by atoms with E-state index >= 15 is 0 Å². The molecule has 0 bridgehead atoms. The Morgan fingerprint density at radius 2 is 1.96 bits per heavy atom. The number of carbonyl (C=O) groups is 1. The number of benzene rings is 1. The molecule has 1 aliphatic rings. The molecular formula is C18H21F4N3OS. The predicted molar refractivity (Wildman–Crippen MR) is 95.4 cm³/mol. The predicted octanol–water partition coefficient (Wildman–Crippen LogP) is 3.51. The maximum absolute atomic E-state index is 13.5. The summed E-state index contributed by atoms with van der Waals surface area (Å²) in [7, 11) is 0. The van der Waals surface area contributed by atoms with E-state index in [0.29, 0.717) is 11.3 Å². The van der Waals surface area contributed by atoms with Gasteiger partial charge in [-0.25, -0.2) is 4.39 Å². The van der Waals surface area contributed by atoms with Gasteiger partial charge in [-0.1, -0.05) is 12.1 Å². The number of hydrogen-bond donors (Lipinski definition) is 1. The highest BCUT2D eigenvalue weighted by Gasteiger charge is 2.42. The quantitative estimate of drug-likeness (QED) is 0.764. The van der Waals surface area contributed by atoms with Gasteiger partial charge in [-0.2, -0.15) is 18.4 Å². The molecule has 1 amide bonds. The second kappa shape index (κ2) is 8.07. The van der Waals surface area contributed by atoms with Gasteiger partial charge < -0.3 is 10.6 Å². The zero-order valence-electron chi connectivity index (χ0n) is 15.0. The van der Waals surface area contributed by atoms with Gasteiger partial charge in [0.2, 0.25) is 5.91 Å². The molecule has 0 spiro atoms. The molecule has 1 aliphatic heterocycles. The minimum atomic E-state index is -4.39. The van der Waals surface area contributed by atoms with E-state index in [4.69, 9.17) is 11.0 Å². The summed E-state index contributed by atoms with van der Waals surface area (Å²) in [4.78, 5) is 13.8. The van der Waals surface area contributed by atoms with Gasteiger partial charge in [0, 0.05) is 16.9 Å². The molecule has 1 aromatic rings. The van der Waals surface area contributed by atoms with Crippen LogP contribution in [0.2, 0.25) is 0 Å². The fourth-order valence-electron chi connectivity index (χ4n) is 2.78. The first-order valence-electron chi connectivity index (χ1n) is 8.35. The normalized spacial score (nSPS) is 21.8. The van der Waals surface area contributed by atoms with E-state index in [1.54, 1.807) is 13.8 Å². The molecule has 27 heavy (non-hydrogen) atoms. The van der Waals surface area contributed by atoms with Crippen LogP contribution in [0.3, 0.4) is 0 Å². The summed E-state index contributed by atoms with van der Waals surface area (Å²) >= 11 is 1.32. The topological polar surface area (TPSA) is 70.1 Å². The number of likely N-dealkylation sites (tertiary alicyclic amines) is 1. The number of rotatable bonds is 5. The first-order valence-corrected chi connectivity index (χ1v) is 9.34. The van der Waals surface area contributed by atoms with Gasteiger partial charge in [-0.15, -0.1) is 11.8 Å². The molecule has 3 atom stereocenters. The van der Waals surface area contributed by atoms with Crippen molar-refractivity contribution in [2.24, 2.45) is 5.73 Å². The number of halogens is 4. The minimum Gasteiger partial charge on any atom is -0.322 e. The molecule has 1 saturated heterocycles. The van der Waals surface area contributed by atoms with Crippen molar-refractivity contribution in [3.8, 4) is 6.07 Å². The van der Waals surface area contributed by atoms with Crippen molar-refractivity contribution >= 4 is 17.7 Å². The Morgan fingerprint density at radius 3 is 2.48 bits per heavy atom. The van der Waals surface area contributed by atoms with Crippen LogP contribution >= 0.6 is 11.8 Å². The lowest BCUT2D eigenvalue weighted by Crippen LogP contribution is -2.54. The number of amides is 1. The van der Waals surface area contributed by atoms with Crippen LogP contribution in [0.4, 0.5) is 17.6 Å². The summed E-state index contributed by atoms with van der Waals surface area (Å²) < 4.78 is 50.6. The van der Waals surface area contributed by atoms with E-state index in [2.05, 4.69) is 0 Å². The molecule has 0 radical (unpaired) electrons. The Labute approximate surface area is 159 Å². The molecule has 2 rings (SSSR count). The van der Waals surface area contributed by atoms with Gasteiger partial charge in [0.15, 0.2) is 0 Å². The van der Waals surface area contributed by atoms with Crippen LogP contribution < -0.4 is 5.73 Å². The number of nitrogens with two attached hydrogens (primary N) is 1. The van der Waals surface area contributed by atoms with Crippen molar-refractivity contribution in [3.63, 3.8) is 0 Å². The van der Waals surface area contributed by atoms with E-state index in [1.165, 1.54) is 28.8 Å². The molecule has 1 fully saturated rings. The summed E-state index contributed by atoms with van der Waals surface area (Å²) in [6.07, 6.45) is -5.65. The SMILES string of the molecule is CC(C)(SCc1ccc(C(F)(F)F)cc1)[C@H](N)C(=O)N1CC(F)C[C@H]1C#N. The molecule has 0 aliphatic carbocycles. The summed E-state index contributed by atoms with van der Waals surface area (Å²) in [5, 5.41) is 9.08. The van der Waals surface area contributed by atoms with E-state index in [0.717, 1.165) is 12.1 Å². The smallest absolute Gasteiger partial charge is 0.322 e. The van der Waals surface area contributed by atoms with Crippen LogP contribution in [-0.2, 0) is 16.7 Å². The average molecular weight is 403 g/mol. The fourth-order valence-corrected chi connectivity index (χ4v) is 3.79. The Balaban J connectivity index is 2.01. The van der Waals surface area contributed by atoms with Gasteiger partial charge in [0.05, 0.1) is 24.2 Å². The summed E-state index contributed by atoms with van der Waals surface area (Å²) in [6, 6.07) is 4.92. The number of carbonyl (C=O) groups excluding carboxylic acids is 1. The molecule has 1 heterocycles. The minimum absolute atomic E-state index is 0.0198. The molecule has 0 saturated carbocycles. The first-order chi connectivity index (χ1) is 12.5. The highest BCUT2D eigenvalue weighted by Crippen LogP contribution is 2.34. The molecule has 2 N–H and O–H groups in total. The van der Waals surface area contributed by atoms with Crippen molar-refractivity contribution in [1.29, 1.82) is 5.26 Å². The van der Waals surface area contributed by atoms with Crippen LogP contribution in [0.15, 0.2) is 24.3 Å². The second-order valence-electron chi connectivity index (χ2n) is 7.03. The third-order valence-electron chi connectivity index (χ3n) is 4.59. The Kier molecular flexibility index (Phi) is 6.43. The molecule has 9 heteroatoms. The highest BCUT2D eigenvalue weighted by molar-refractivity contribution is 7.99. The van der Waals surface area contributed by atoms with Gasteiger partial charge in [-0.05, 0) is 31.5 Å². The lowest BCUT2D eigenvalue weighted by molar-refractivity contribution is -0.137. The number of alkyl halides is 4. The standard InChI is InChI=1S/C18H21F4N3OS/c1-17(2,15(24)16(26)25-9-13(19)7-14(25)8-23)27-10-11-3-5-12(6-4-11)18(20,21)22/h3-6,13-15H,7,9-10,24H2,1-2H3/t13?,14-,15+/m0/s1. The Morgan fingerprint density at radius 1 is 1.37 bits per heavy atom. The average Bonchev–Trinajstić information content (AvgIpc) is 2.99. The molecular weight excluding hydrogens is 382 g/mol. The third kappa shape index (κ3) is 5.14. The van der Waals surface area contributed by atoms with Gasteiger partial charge in [-0.3, -0.25) is 4.79 Å². The maximum Gasteiger partial charge on any atom is 0.416 e. The van der Waals surface area contributed by atoms with Crippen LogP contribution in [0.5, 0.6) is 0 Å². The second-order valence-corrected chi connectivity index (χ2v) is 8.66. The van der Waals surface area contributed by atoms with E-state index in [-0.39, 0.29) is 13.0 Å². The Bertz CT molecular complexity index is 715. The van der Waals surface area contributed by atoms with Gasteiger partial charge >= 0.3 is 6.18 Å². The number of nitrogens with zero attached hydrogens (tertiary/aromatic N) is 2. The van der Waals surface area contributed by atoms with Crippen molar-refractivity contribution in [2.45, 2.75) is 55.2 Å². The fraction of sp³-hybridized carbons (Fsp3) is 0.556. The molecule has 1 unspecified atom stereocenters. The molecule has 148 valence electrons. The van der Waals surface area contributed by atoms with Crippen LogP contribution in [0.1, 0.15) is 31.4 Å². The number of nitriles is 1. The lowest BCUT2D eigenvalue weighted by Gasteiger charge is -2.33. The van der Waals surface area contributed by atoms with Crippen molar-refractivity contribution in [3.05, 3.63) is 35.4 Å². The van der Waals surface area contributed by atoms with E-state index in [9.17, 15) is 22.4 Å².